The van der Waals surface area contributed by atoms with Gasteiger partial charge >= 0.3 is 13.0 Å². The molecule has 0 fully saturated rings. The van der Waals surface area contributed by atoms with Crippen LogP contribution in [0, 0.1) is 0 Å². The van der Waals surface area contributed by atoms with Gasteiger partial charge in [0.2, 0.25) is 5.91 Å². The van der Waals surface area contributed by atoms with Crippen molar-refractivity contribution in [1.82, 2.24) is 10.5 Å². The standard InChI is InChI=1S/C21H27BN2O5/c1-3-28-20(25)13-19(24-22(2)27)21(26)23-14-17-10-7-11-18(12-17)29-15-16-8-5-4-6-9-16/h4-12,19,24,27H,3,13-15H2,1-2H3,(H,23,26)/t19-/m1/s1. The molecule has 154 valence electrons. The molecule has 0 spiro atoms. The van der Waals surface area contributed by atoms with Gasteiger partial charge in [0.1, 0.15) is 12.4 Å². The Morgan fingerprint density at radius 1 is 1.10 bits per heavy atom. The predicted octanol–water partition coefficient (Wildman–Crippen LogP) is 1.90. The summed E-state index contributed by atoms with van der Waals surface area (Å²) in [5.41, 5.74) is 1.92. The number of nitrogens with one attached hydrogen (secondary N) is 2. The summed E-state index contributed by atoms with van der Waals surface area (Å²) < 4.78 is 10.7. The summed E-state index contributed by atoms with van der Waals surface area (Å²) in [6.45, 7) is 4.14. The Kier molecular flexibility index (Phi) is 9.20. The molecule has 2 rings (SSSR count). The molecule has 2 aromatic carbocycles. The van der Waals surface area contributed by atoms with E-state index in [0.29, 0.717) is 12.4 Å². The second-order valence-corrected chi connectivity index (χ2v) is 6.54. The van der Waals surface area contributed by atoms with E-state index in [4.69, 9.17) is 9.47 Å². The molecule has 0 bridgehead atoms. The number of carbonyl (C=O) groups excluding carboxylic acids is 2. The number of esters is 1. The summed E-state index contributed by atoms with van der Waals surface area (Å²) in [4.78, 5) is 24.2. The van der Waals surface area contributed by atoms with E-state index in [1.165, 1.54) is 6.82 Å². The lowest BCUT2D eigenvalue weighted by molar-refractivity contribution is -0.145. The third-order valence-corrected chi connectivity index (χ3v) is 4.05. The topological polar surface area (TPSA) is 96.9 Å². The predicted molar refractivity (Wildman–Crippen MR) is 111 cm³/mol. The van der Waals surface area contributed by atoms with Crippen LogP contribution in [0.5, 0.6) is 5.75 Å². The van der Waals surface area contributed by atoms with Gasteiger partial charge in [-0.1, -0.05) is 42.5 Å². The zero-order valence-corrected chi connectivity index (χ0v) is 16.8. The molecule has 0 radical (unpaired) electrons. The Morgan fingerprint density at radius 2 is 1.83 bits per heavy atom. The molecule has 3 N–H and O–H groups in total. The highest BCUT2D eigenvalue weighted by Crippen LogP contribution is 2.15. The molecule has 0 aliphatic carbocycles. The monoisotopic (exact) mass is 398 g/mol. The minimum Gasteiger partial charge on any atom is -0.489 e. The Labute approximate surface area is 171 Å². The maximum absolute atomic E-state index is 12.5. The summed E-state index contributed by atoms with van der Waals surface area (Å²) in [5.74, 6) is -0.197. The SMILES string of the molecule is CCOC(=O)C[C@@H](NB(C)O)C(=O)NCc1cccc(OCc2ccccc2)c1. The molecule has 7 nitrogen and oxygen atoms in total. The summed E-state index contributed by atoms with van der Waals surface area (Å²) in [7, 11) is -0.935. The van der Waals surface area contributed by atoms with E-state index in [0.717, 1.165) is 11.1 Å². The van der Waals surface area contributed by atoms with Crippen LogP contribution in [0.4, 0.5) is 0 Å². The fourth-order valence-electron chi connectivity index (χ4n) is 2.70. The van der Waals surface area contributed by atoms with Gasteiger partial charge in [-0.25, -0.2) is 0 Å². The van der Waals surface area contributed by atoms with Crippen molar-refractivity contribution < 1.29 is 24.1 Å². The molecule has 8 heteroatoms. The molecular weight excluding hydrogens is 371 g/mol. The first kappa shape index (κ1) is 22.5. The van der Waals surface area contributed by atoms with E-state index in [9.17, 15) is 14.6 Å². The second-order valence-electron chi connectivity index (χ2n) is 6.54. The zero-order valence-electron chi connectivity index (χ0n) is 16.8. The Hall–Kier alpha value is -2.84. The van der Waals surface area contributed by atoms with E-state index in [1.54, 1.807) is 6.92 Å². The van der Waals surface area contributed by atoms with Crippen molar-refractivity contribution >= 4 is 18.9 Å². The zero-order chi connectivity index (χ0) is 21.1. The maximum atomic E-state index is 12.5. The van der Waals surface area contributed by atoms with Gasteiger partial charge in [-0.05, 0) is 37.0 Å². The number of amides is 1. The van der Waals surface area contributed by atoms with Crippen molar-refractivity contribution in [2.75, 3.05) is 6.61 Å². The van der Waals surface area contributed by atoms with Gasteiger partial charge in [0.05, 0.1) is 19.1 Å². The summed E-state index contributed by atoms with van der Waals surface area (Å²) in [6.07, 6.45) is -0.162. The van der Waals surface area contributed by atoms with E-state index in [-0.39, 0.29) is 19.6 Å². The van der Waals surface area contributed by atoms with Crippen LogP contribution in [0.3, 0.4) is 0 Å². The van der Waals surface area contributed by atoms with Crippen LogP contribution in [0.1, 0.15) is 24.5 Å². The normalized spacial score (nSPS) is 11.4. The number of rotatable bonds is 11. The average Bonchev–Trinajstić information content (AvgIpc) is 2.71. The van der Waals surface area contributed by atoms with Gasteiger partial charge in [-0.15, -0.1) is 0 Å². The van der Waals surface area contributed by atoms with Crippen molar-refractivity contribution in [3.63, 3.8) is 0 Å². The molecule has 0 saturated carbocycles. The lowest BCUT2D eigenvalue weighted by Crippen LogP contribution is -2.50. The molecular formula is C21H27BN2O5. The molecule has 1 atom stereocenters. The van der Waals surface area contributed by atoms with Gasteiger partial charge in [-0.3, -0.25) is 9.59 Å². The summed E-state index contributed by atoms with van der Waals surface area (Å²) >= 11 is 0. The highest BCUT2D eigenvalue weighted by molar-refractivity contribution is 6.46. The Bertz CT molecular complexity index is 786. The third kappa shape index (κ3) is 8.37. The Balaban J connectivity index is 1.90. The lowest BCUT2D eigenvalue weighted by Gasteiger charge is -2.18. The summed E-state index contributed by atoms with van der Waals surface area (Å²) in [6, 6.07) is 16.4. The molecule has 2 aromatic rings. The largest absolute Gasteiger partial charge is 0.489 e. The molecule has 1 amide bonds. The van der Waals surface area contributed by atoms with Crippen LogP contribution < -0.4 is 15.3 Å². The average molecular weight is 398 g/mol. The van der Waals surface area contributed by atoms with E-state index < -0.39 is 25.0 Å². The fraction of sp³-hybridized carbons (Fsp3) is 0.333. The van der Waals surface area contributed by atoms with E-state index in [2.05, 4.69) is 10.5 Å². The quantitative estimate of drug-likeness (QED) is 0.395. The first-order valence-corrected chi connectivity index (χ1v) is 9.61. The number of hydrogen-bond donors (Lipinski definition) is 3. The van der Waals surface area contributed by atoms with Gasteiger partial charge in [0.25, 0.3) is 0 Å². The van der Waals surface area contributed by atoms with Crippen molar-refractivity contribution in [3.05, 3.63) is 65.7 Å². The summed E-state index contributed by atoms with van der Waals surface area (Å²) in [5, 5.41) is 15.0. The smallest absolute Gasteiger partial charge is 0.374 e. The van der Waals surface area contributed by atoms with Crippen molar-refractivity contribution in [2.45, 2.75) is 39.4 Å². The second kappa shape index (κ2) is 11.9. The van der Waals surface area contributed by atoms with Gasteiger partial charge < -0.3 is 25.0 Å². The molecule has 0 aromatic heterocycles. The molecule has 0 aliphatic heterocycles. The lowest BCUT2D eigenvalue weighted by atomic mass is 9.86. The Morgan fingerprint density at radius 3 is 2.52 bits per heavy atom. The first-order chi connectivity index (χ1) is 14.0. The van der Waals surface area contributed by atoms with Crippen LogP contribution in [0.2, 0.25) is 6.82 Å². The van der Waals surface area contributed by atoms with Gasteiger partial charge in [-0.2, -0.15) is 0 Å². The van der Waals surface area contributed by atoms with Crippen LogP contribution in [-0.4, -0.2) is 36.6 Å². The first-order valence-electron chi connectivity index (χ1n) is 9.61. The molecule has 0 aliphatic rings. The maximum Gasteiger partial charge on any atom is 0.374 e. The van der Waals surface area contributed by atoms with Gasteiger partial charge in [0, 0.05) is 6.54 Å². The molecule has 0 heterocycles. The highest BCUT2D eigenvalue weighted by Gasteiger charge is 2.24. The number of ether oxygens (including phenoxy) is 2. The van der Waals surface area contributed by atoms with Crippen LogP contribution in [0.15, 0.2) is 54.6 Å². The number of hydrogen-bond acceptors (Lipinski definition) is 6. The third-order valence-electron chi connectivity index (χ3n) is 4.05. The van der Waals surface area contributed by atoms with E-state index in [1.807, 2.05) is 54.6 Å². The fourth-order valence-corrected chi connectivity index (χ4v) is 2.70. The molecule has 29 heavy (non-hydrogen) atoms. The number of benzene rings is 2. The van der Waals surface area contributed by atoms with E-state index >= 15 is 0 Å². The van der Waals surface area contributed by atoms with Crippen LogP contribution in [-0.2, 0) is 27.5 Å². The van der Waals surface area contributed by atoms with Crippen molar-refractivity contribution in [3.8, 4) is 5.75 Å². The number of carbonyl (C=O) groups is 2. The van der Waals surface area contributed by atoms with Crippen LogP contribution in [0.25, 0.3) is 0 Å². The van der Waals surface area contributed by atoms with Crippen LogP contribution >= 0.6 is 0 Å². The minimum atomic E-state index is -0.935. The molecule has 0 saturated heterocycles. The van der Waals surface area contributed by atoms with Crippen molar-refractivity contribution in [2.24, 2.45) is 0 Å². The van der Waals surface area contributed by atoms with Crippen molar-refractivity contribution in [1.29, 1.82) is 0 Å². The minimum absolute atomic E-state index is 0.162. The van der Waals surface area contributed by atoms with Gasteiger partial charge in [0.15, 0.2) is 0 Å². The molecule has 0 unspecified atom stereocenters. The highest BCUT2D eigenvalue weighted by atomic mass is 16.5.